The molecule has 0 atom stereocenters. The topological polar surface area (TPSA) is 37.4 Å². The van der Waals surface area contributed by atoms with Crippen molar-refractivity contribution in [2.75, 3.05) is 5.75 Å². The molecule has 94 valence electrons. The van der Waals surface area contributed by atoms with Gasteiger partial charge < -0.3 is 0 Å². The first-order chi connectivity index (χ1) is 7.87. The summed E-state index contributed by atoms with van der Waals surface area (Å²) in [7, 11) is -3.14. The third-order valence-corrected chi connectivity index (χ3v) is 5.46. The molecule has 1 aliphatic heterocycles. The molecule has 0 N–H and O–H groups in total. The summed E-state index contributed by atoms with van der Waals surface area (Å²) < 4.78 is 25.9. The number of fused-ring (bicyclic) bond motifs is 1. The lowest BCUT2D eigenvalue weighted by Gasteiger charge is -2.42. The first-order valence-corrected chi connectivity index (χ1v) is 7.55. The summed E-state index contributed by atoms with van der Waals surface area (Å²) in [6.07, 6.45) is 0.780. The Balaban J connectivity index is 2.45. The Labute approximate surface area is 104 Å². The molecule has 0 aliphatic carbocycles. The van der Waals surface area contributed by atoms with Crippen LogP contribution in [0.15, 0.2) is 24.3 Å². The van der Waals surface area contributed by atoms with E-state index in [1.165, 1.54) is 5.56 Å². The van der Waals surface area contributed by atoms with E-state index >= 15 is 0 Å². The van der Waals surface area contributed by atoms with E-state index in [1.807, 2.05) is 32.0 Å². The van der Waals surface area contributed by atoms with Crippen LogP contribution in [0.3, 0.4) is 0 Å². The molecule has 4 heteroatoms. The maximum atomic E-state index is 12.1. The molecule has 1 aromatic carbocycles. The predicted molar refractivity (Wildman–Crippen MR) is 69.2 cm³/mol. The Morgan fingerprint density at radius 1 is 1.24 bits per heavy atom. The predicted octanol–water partition coefficient (Wildman–Crippen LogP) is 2.17. The summed E-state index contributed by atoms with van der Waals surface area (Å²) in [5, 5.41) is 0. The van der Waals surface area contributed by atoms with Gasteiger partial charge in [0.25, 0.3) is 0 Å². The fourth-order valence-corrected chi connectivity index (χ4v) is 3.90. The number of hydrogen-bond acceptors (Lipinski definition) is 2. The Morgan fingerprint density at radius 2 is 1.82 bits per heavy atom. The third kappa shape index (κ3) is 2.24. The van der Waals surface area contributed by atoms with Gasteiger partial charge in [0.1, 0.15) is 0 Å². The monoisotopic (exact) mass is 253 g/mol. The van der Waals surface area contributed by atoms with E-state index in [4.69, 9.17) is 0 Å². The average molecular weight is 253 g/mol. The molecule has 0 fully saturated rings. The van der Waals surface area contributed by atoms with Crippen LogP contribution in [0.2, 0.25) is 0 Å². The van der Waals surface area contributed by atoms with Gasteiger partial charge >= 0.3 is 0 Å². The SMILES string of the molecule is CCS(=O)(=O)N1Cc2ccccc2CC1(C)C. The fraction of sp³-hybridized carbons (Fsp3) is 0.538. The Kier molecular flexibility index (Phi) is 3.04. The zero-order valence-corrected chi connectivity index (χ0v) is 11.4. The Bertz CT molecular complexity index is 520. The van der Waals surface area contributed by atoms with E-state index in [-0.39, 0.29) is 11.3 Å². The van der Waals surface area contributed by atoms with Gasteiger partial charge in [-0.1, -0.05) is 24.3 Å². The van der Waals surface area contributed by atoms with E-state index < -0.39 is 10.0 Å². The van der Waals surface area contributed by atoms with Gasteiger partial charge in [-0.15, -0.1) is 0 Å². The van der Waals surface area contributed by atoms with Crippen LogP contribution in [0.5, 0.6) is 0 Å². The van der Waals surface area contributed by atoms with Gasteiger partial charge in [0.15, 0.2) is 0 Å². The standard InChI is InChI=1S/C13H19NO2S/c1-4-17(15,16)14-10-12-8-6-5-7-11(12)9-13(14,2)3/h5-8H,4,9-10H2,1-3H3. The van der Waals surface area contributed by atoms with Crippen LogP contribution >= 0.6 is 0 Å². The quantitative estimate of drug-likeness (QED) is 0.810. The highest BCUT2D eigenvalue weighted by molar-refractivity contribution is 7.89. The molecule has 1 aliphatic rings. The molecule has 0 saturated carbocycles. The summed E-state index contributed by atoms with van der Waals surface area (Å²) in [5.74, 6) is 0.165. The van der Waals surface area contributed by atoms with E-state index in [9.17, 15) is 8.42 Å². The van der Waals surface area contributed by atoms with Crippen molar-refractivity contribution in [3.8, 4) is 0 Å². The lowest BCUT2D eigenvalue weighted by molar-refractivity contribution is 0.203. The molecular weight excluding hydrogens is 234 g/mol. The largest absolute Gasteiger partial charge is 0.214 e. The molecular formula is C13H19NO2S. The molecule has 3 nitrogen and oxygen atoms in total. The maximum absolute atomic E-state index is 12.1. The highest BCUT2D eigenvalue weighted by Gasteiger charge is 2.39. The summed E-state index contributed by atoms with van der Waals surface area (Å²) in [6, 6.07) is 8.09. The number of hydrogen-bond donors (Lipinski definition) is 0. The highest BCUT2D eigenvalue weighted by Crippen LogP contribution is 2.32. The molecule has 1 heterocycles. The normalized spacial score (nSPS) is 19.9. The second-order valence-corrected chi connectivity index (χ2v) is 7.35. The van der Waals surface area contributed by atoms with Gasteiger partial charge in [0, 0.05) is 12.1 Å². The van der Waals surface area contributed by atoms with Gasteiger partial charge in [0.05, 0.1) is 5.75 Å². The second-order valence-electron chi connectivity index (χ2n) is 5.17. The molecule has 2 rings (SSSR count). The fourth-order valence-electron chi connectivity index (χ4n) is 2.44. The molecule has 0 radical (unpaired) electrons. The zero-order chi connectivity index (χ0) is 12.7. The van der Waals surface area contributed by atoms with Crippen molar-refractivity contribution >= 4 is 10.0 Å². The van der Waals surface area contributed by atoms with E-state index in [1.54, 1.807) is 11.2 Å². The molecule has 0 amide bonds. The first kappa shape index (κ1) is 12.6. The molecule has 1 aromatic rings. The summed E-state index contributed by atoms with van der Waals surface area (Å²) >= 11 is 0. The summed E-state index contributed by atoms with van der Waals surface area (Å²) in [5.41, 5.74) is 2.06. The van der Waals surface area contributed by atoms with Crippen molar-refractivity contribution in [1.29, 1.82) is 0 Å². The van der Waals surface area contributed by atoms with Gasteiger partial charge in [-0.25, -0.2) is 8.42 Å². The van der Waals surface area contributed by atoms with E-state index in [0.29, 0.717) is 6.54 Å². The molecule has 0 saturated heterocycles. The van der Waals surface area contributed by atoms with Crippen molar-refractivity contribution in [1.82, 2.24) is 4.31 Å². The van der Waals surface area contributed by atoms with Gasteiger partial charge in [0.2, 0.25) is 10.0 Å². The lowest BCUT2D eigenvalue weighted by atomic mass is 9.88. The van der Waals surface area contributed by atoms with Crippen molar-refractivity contribution < 1.29 is 8.42 Å². The minimum absolute atomic E-state index is 0.165. The second kappa shape index (κ2) is 4.10. The zero-order valence-electron chi connectivity index (χ0n) is 10.6. The minimum atomic E-state index is -3.14. The molecule has 0 bridgehead atoms. The summed E-state index contributed by atoms with van der Waals surface area (Å²) in [4.78, 5) is 0. The maximum Gasteiger partial charge on any atom is 0.214 e. The van der Waals surface area contributed by atoms with Crippen molar-refractivity contribution in [2.45, 2.75) is 39.3 Å². The van der Waals surface area contributed by atoms with Crippen molar-refractivity contribution in [3.05, 3.63) is 35.4 Å². The van der Waals surface area contributed by atoms with Crippen molar-refractivity contribution in [2.24, 2.45) is 0 Å². The van der Waals surface area contributed by atoms with Crippen LogP contribution in [-0.2, 0) is 23.0 Å². The lowest BCUT2D eigenvalue weighted by Crippen LogP contribution is -2.51. The molecule has 17 heavy (non-hydrogen) atoms. The first-order valence-electron chi connectivity index (χ1n) is 5.94. The number of rotatable bonds is 2. The summed E-state index contributed by atoms with van der Waals surface area (Å²) in [6.45, 7) is 6.19. The van der Waals surface area contributed by atoms with Crippen LogP contribution < -0.4 is 0 Å². The van der Waals surface area contributed by atoms with Gasteiger partial charge in [-0.2, -0.15) is 4.31 Å². The number of sulfonamides is 1. The molecule has 0 unspecified atom stereocenters. The van der Waals surface area contributed by atoms with Crippen LogP contribution in [-0.4, -0.2) is 24.0 Å². The Morgan fingerprint density at radius 3 is 2.41 bits per heavy atom. The van der Waals surface area contributed by atoms with Crippen LogP contribution in [0.1, 0.15) is 31.9 Å². The van der Waals surface area contributed by atoms with E-state index in [2.05, 4.69) is 6.07 Å². The van der Waals surface area contributed by atoms with Crippen LogP contribution in [0.4, 0.5) is 0 Å². The molecule has 0 spiro atoms. The third-order valence-electron chi connectivity index (χ3n) is 3.43. The van der Waals surface area contributed by atoms with Crippen LogP contribution in [0, 0.1) is 0 Å². The average Bonchev–Trinajstić information content (AvgIpc) is 2.26. The van der Waals surface area contributed by atoms with Gasteiger partial charge in [-0.05, 0) is 38.3 Å². The van der Waals surface area contributed by atoms with Gasteiger partial charge in [-0.3, -0.25) is 0 Å². The van der Waals surface area contributed by atoms with E-state index in [0.717, 1.165) is 12.0 Å². The van der Waals surface area contributed by atoms with Crippen molar-refractivity contribution in [3.63, 3.8) is 0 Å². The number of benzene rings is 1. The smallest absolute Gasteiger partial charge is 0.212 e. The van der Waals surface area contributed by atoms with Crippen LogP contribution in [0.25, 0.3) is 0 Å². The number of nitrogens with zero attached hydrogens (tertiary/aromatic N) is 1. The molecule has 0 aromatic heterocycles. The highest BCUT2D eigenvalue weighted by atomic mass is 32.2. The minimum Gasteiger partial charge on any atom is -0.212 e. The Hall–Kier alpha value is -0.870.